The van der Waals surface area contributed by atoms with E-state index in [0.29, 0.717) is 16.2 Å². The second-order valence-corrected chi connectivity index (χ2v) is 12.4. The molecule has 0 amide bonds. The molecule has 0 bridgehead atoms. The van der Waals surface area contributed by atoms with Crippen molar-refractivity contribution >= 4 is 11.6 Å². The van der Waals surface area contributed by atoms with E-state index in [0.717, 1.165) is 36.0 Å². The molecule has 28 heavy (non-hydrogen) atoms. The minimum atomic E-state index is 0.366. The smallest absolute Gasteiger partial charge is 0.0373 e. The predicted molar refractivity (Wildman–Crippen MR) is 123 cm³/mol. The number of fused-ring (bicyclic) bond motifs is 5. The van der Waals surface area contributed by atoms with Crippen molar-refractivity contribution in [3.63, 3.8) is 0 Å². The van der Waals surface area contributed by atoms with Crippen molar-refractivity contribution in [1.82, 2.24) is 0 Å². The zero-order chi connectivity index (χ0) is 20.1. The molecule has 1 heteroatoms. The third-order valence-electron chi connectivity index (χ3n) is 9.71. The Bertz CT molecular complexity index is 643. The van der Waals surface area contributed by atoms with Crippen molar-refractivity contribution in [1.29, 1.82) is 0 Å². The van der Waals surface area contributed by atoms with E-state index in [4.69, 9.17) is 11.6 Å². The summed E-state index contributed by atoms with van der Waals surface area (Å²) in [7, 11) is 0. The minimum absolute atomic E-state index is 0.366. The molecule has 3 fully saturated rings. The van der Waals surface area contributed by atoms with Gasteiger partial charge in [-0.15, -0.1) is 11.6 Å². The van der Waals surface area contributed by atoms with Gasteiger partial charge in [0.2, 0.25) is 0 Å². The number of hydrogen-bond donors (Lipinski definition) is 0. The molecule has 3 saturated carbocycles. The van der Waals surface area contributed by atoms with Crippen molar-refractivity contribution in [2.24, 2.45) is 40.4 Å². The lowest BCUT2D eigenvalue weighted by Gasteiger charge is -2.55. The Kier molecular flexibility index (Phi) is 5.85. The predicted octanol–water partition coefficient (Wildman–Crippen LogP) is 8.56. The van der Waals surface area contributed by atoms with Crippen molar-refractivity contribution in [3.8, 4) is 0 Å². The molecule has 0 unspecified atom stereocenters. The summed E-state index contributed by atoms with van der Waals surface area (Å²) in [6.07, 6.45) is 18.7. The van der Waals surface area contributed by atoms with Crippen LogP contribution < -0.4 is 0 Å². The zero-order valence-corrected chi connectivity index (χ0v) is 19.8. The van der Waals surface area contributed by atoms with Gasteiger partial charge in [0.05, 0.1) is 0 Å². The molecule has 0 aliphatic heterocycles. The standard InChI is InChI=1S/C27H43Cl/c1-18(2)7-6-8-19(3)23-11-12-24-22-10-9-20-17-21(28)13-15-26(20,4)25(22)14-16-27(23,24)5/h9-10,18-19,21,23-25H,6-8,11-17H2,1-5H3/t19-,21+,23-,24+,25-,26-,27+/m0/s1. The SMILES string of the molecule is CC(C)CCC[C@H](C)[C@@H]1CC[C@@H]2C3=CC=C4C[C@H](Cl)CC[C@]4(C)[C@H]3CC[C@@]21C. The van der Waals surface area contributed by atoms with Crippen LogP contribution in [-0.2, 0) is 0 Å². The highest BCUT2D eigenvalue weighted by molar-refractivity contribution is 6.20. The monoisotopic (exact) mass is 402 g/mol. The molecule has 0 saturated heterocycles. The van der Waals surface area contributed by atoms with E-state index in [1.54, 1.807) is 5.57 Å². The minimum Gasteiger partial charge on any atom is -0.123 e. The molecule has 158 valence electrons. The Morgan fingerprint density at radius 1 is 0.964 bits per heavy atom. The largest absolute Gasteiger partial charge is 0.123 e. The van der Waals surface area contributed by atoms with Crippen LogP contribution in [0.4, 0.5) is 0 Å². The molecule has 0 aromatic carbocycles. The van der Waals surface area contributed by atoms with Crippen LogP contribution in [0.3, 0.4) is 0 Å². The molecule has 0 radical (unpaired) electrons. The highest BCUT2D eigenvalue weighted by atomic mass is 35.5. The highest BCUT2D eigenvalue weighted by Gasteiger charge is 2.56. The van der Waals surface area contributed by atoms with Crippen molar-refractivity contribution < 1.29 is 0 Å². The van der Waals surface area contributed by atoms with E-state index in [1.165, 1.54) is 57.8 Å². The van der Waals surface area contributed by atoms with E-state index in [-0.39, 0.29) is 0 Å². The highest BCUT2D eigenvalue weighted by Crippen LogP contribution is 2.66. The maximum absolute atomic E-state index is 6.54. The topological polar surface area (TPSA) is 0 Å². The van der Waals surface area contributed by atoms with Crippen LogP contribution in [0.15, 0.2) is 23.3 Å². The van der Waals surface area contributed by atoms with Gasteiger partial charge in [0, 0.05) is 5.38 Å². The summed E-state index contributed by atoms with van der Waals surface area (Å²) in [5.41, 5.74) is 4.44. The molecule has 0 heterocycles. The molecule has 7 atom stereocenters. The molecule has 4 rings (SSSR count). The first-order valence-corrected chi connectivity index (χ1v) is 12.7. The van der Waals surface area contributed by atoms with Gasteiger partial charge in [0.25, 0.3) is 0 Å². The maximum Gasteiger partial charge on any atom is 0.0373 e. The lowest BCUT2D eigenvalue weighted by atomic mass is 9.50. The maximum atomic E-state index is 6.54. The second kappa shape index (κ2) is 7.79. The summed E-state index contributed by atoms with van der Waals surface area (Å²) in [5, 5.41) is 0.366. The molecule has 0 nitrogen and oxygen atoms in total. The summed E-state index contributed by atoms with van der Waals surface area (Å²) in [6.45, 7) is 12.6. The van der Waals surface area contributed by atoms with Gasteiger partial charge in [-0.2, -0.15) is 0 Å². The summed E-state index contributed by atoms with van der Waals surface area (Å²) < 4.78 is 0. The van der Waals surface area contributed by atoms with E-state index in [9.17, 15) is 0 Å². The van der Waals surface area contributed by atoms with E-state index < -0.39 is 0 Å². The van der Waals surface area contributed by atoms with Crippen LogP contribution in [0.2, 0.25) is 0 Å². The Morgan fingerprint density at radius 2 is 1.75 bits per heavy atom. The molecule has 0 spiro atoms. The Hall–Kier alpha value is -0.230. The summed E-state index contributed by atoms with van der Waals surface area (Å²) in [5.74, 6) is 4.31. The summed E-state index contributed by atoms with van der Waals surface area (Å²) in [6, 6.07) is 0. The second-order valence-electron chi connectivity index (χ2n) is 11.8. The Balaban J connectivity index is 1.53. The average Bonchev–Trinajstić information content (AvgIpc) is 2.99. The van der Waals surface area contributed by atoms with E-state index in [2.05, 4.69) is 46.8 Å². The first kappa shape index (κ1) is 21.0. The van der Waals surface area contributed by atoms with Gasteiger partial charge in [-0.05, 0) is 85.4 Å². The van der Waals surface area contributed by atoms with E-state index >= 15 is 0 Å². The lowest BCUT2D eigenvalue weighted by molar-refractivity contribution is 0.0479. The molecular formula is C27H43Cl. The number of alkyl halides is 1. The van der Waals surface area contributed by atoms with Gasteiger partial charge >= 0.3 is 0 Å². The summed E-state index contributed by atoms with van der Waals surface area (Å²) in [4.78, 5) is 0. The van der Waals surface area contributed by atoms with Gasteiger partial charge in [-0.25, -0.2) is 0 Å². The number of allylic oxidation sites excluding steroid dienone is 4. The van der Waals surface area contributed by atoms with Crippen LogP contribution in [0.25, 0.3) is 0 Å². The van der Waals surface area contributed by atoms with Crippen LogP contribution in [-0.4, -0.2) is 5.38 Å². The van der Waals surface area contributed by atoms with Crippen LogP contribution in [0.1, 0.15) is 98.8 Å². The normalized spacial score (nSPS) is 43.7. The van der Waals surface area contributed by atoms with Crippen molar-refractivity contribution in [2.75, 3.05) is 0 Å². The summed E-state index contributed by atoms with van der Waals surface area (Å²) >= 11 is 6.54. The molecule has 4 aliphatic rings. The Morgan fingerprint density at radius 3 is 2.50 bits per heavy atom. The lowest BCUT2D eigenvalue weighted by Crippen LogP contribution is -2.46. The van der Waals surface area contributed by atoms with Gasteiger partial charge in [0.15, 0.2) is 0 Å². The molecule has 0 aromatic heterocycles. The zero-order valence-electron chi connectivity index (χ0n) is 19.1. The molecule has 0 aromatic rings. The Labute approximate surface area is 179 Å². The van der Waals surface area contributed by atoms with Crippen molar-refractivity contribution in [3.05, 3.63) is 23.3 Å². The quantitative estimate of drug-likeness (QED) is 0.404. The van der Waals surface area contributed by atoms with Gasteiger partial charge < -0.3 is 0 Å². The van der Waals surface area contributed by atoms with E-state index in [1.807, 2.05) is 5.57 Å². The van der Waals surface area contributed by atoms with Crippen LogP contribution in [0, 0.1) is 40.4 Å². The fourth-order valence-electron chi connectivity index (χ4n) is 7.98. The van der Waals surface area contributed by atoms with Crippen molar-refractivity contribution in [2.45, 2.75) is 104 Å². The number of halogens is 1. The van der Waals surface area contributed by atoms with Gasteiger partial charge in [-0.1, -0.05) is 77.2 Å². The first-order chi connectivity index (χ1) is 13.3. The van der Waals surface area contributed by atoms with Gasteiger partial charge in [0.1, 0.15) is 0 Å². The molecular weight excluding hydrogens is 360 g/mol. The third-order valence-corrected chi connectivity index (χ3v) is 10.1. The van der Waals surface area contributed by atoms with Gasteiger partial charge in [-0.3, -0.25) is 0 Å². The number of rotatable bonds is 5. The third kappa shape index (κ3) is 3.44. The average molecular weight is 403 g/mol. The first-order valence-electron chi connectivity index (χ1n) is 12.3. The number of hydrogen-bond acceptors (Lipinski definition) is 0. The van der Waals surface area contributed by atoms with Crippen LogP contribution >= 0.6 is 11.6 Å². The fraction of sp³-hybridized carbons (Fsp3) is 0.852. The fourth-order valence-corrected chi connectivity index (χ4v) is 8.26. The molecule has 0 N–H and O–H groups in total. The van der Waals surface area contributed by atoms with Crippen LogP contribution in [0.5, 0.6) is 0 Å². The molecule has 4 aliphatic carbocycles.